The third-order valence-electron chi connectivity index (χ3n) is 3.90. The Hall–Kier alpha value is -2.13. The smallest absolute Gasteiger partial charge is 0.134 e. The van der Waals surface area contributed by atoms with Gasteiger partial charge in [-0.3, -0.25) is 4.98 Å². The zero-order valence-corrected chi connectivity index (χ0v) is 12.7. The van der Waals surface area contributed by atoms with Gasteiger partial charge in [-0.1, -0.05) is 18.6 Å². The first kappa shape index (κ1) is 13.8. The Kier molecular flexibility index (Phi) is 3.76. The number of fused-ring (bicyclic) bond motifs is 1. The van der Waals surface area contributed by atoms with E-state index in [1.54, 1.807) is 0 Å². The van der Waals surface area contributed by atoms with Crippen molar-refractivity contribution in [1.82, 2.24) is 10.3 Å². The van der Waals surface area contributed by atoms with Crippen molar-refractivity contribution in [3.05, 3.63) is 65.2 Å². The van der Waals surface area contributed by atoms with Crippen molar-refractivity contribution in [3.8, 4) is 0 Å². The maximum Gasteiger partial charge on any atom is 0.134 e. The number of hydrogen-bond donors (Lipinski definition) is 1. The Labute approximate surface area is 125 Å². The number of hydrogen-bond acceptors (Lipinski definition) is 3. The first-order valence-electron chi connectivity index (χ1n) is 7.33. The fourth-order valence-electron chi connectivity index (χ4n) is 2.79. The molecule has 3 rings (SSSR count). The minimum Gasteiger partial charge on any atom is -0.459 e. The summed E-state index contributed by atoms with van der Waals surface area (Å²) in [7, 11) is 1.96. The Morgan fingerprint density at radius 3 is 2.86 bits per heavy atom. The molecule has 0 aliphatic heterocycles. The lowest BCUT2D eigenvalue weighted by molar-refractivity contribution is 0.489. The first-order chi connectivity index (χ1) is 10.2. The molecule has 0 radical (unpaired) electrons. The normalized spacial score (nSPS) is 12.7. The van der Waals surface area contributed by atoms with Crippen LogP contribution in [0.2, 0.25) is 0 Å². The fraction of sp³-hybridized carbons (Fsp3) is 0.278. The molecule has 0 amide bonds. The van der Waals surface area contributed by atoms with E-state index in [-0.39, 0.29) is 6.04 Å². The van der Waals surface area contributed by atoms with E-state index in [1.165, 1.54) is 16.7 Å². The molecule has 1 unspecified atom stereocenters. The molecule has 0 spiro atoms. The summed E-state index contributed by atoms with van der Waals surface area (Å²) in [6.07, 6.45) is 4.73. The lowest BCUT2D eigenvalue weighted by Crippen LogP contribution is -2.18. The van der Waals surface area contributed by atoms with Crippen LogP contribution in [0, 0.1) is 6.92 Å². The van der Waals surface area contributed by atoms with E-state index in [9.17, 15) is 0 Å². The van der Waals surface area contributed by atoms with Crippen LogP contribution in [0.15, 0.2) is 47.1 Å². The van der Waals surface area contributed by atoms with Gasteiger partial charge < -0.3 is 9.73 Å². The van der Waals surface area contributed by atoms with Crippen molar-refractivity contribution < 1.29 is 4.42 Å². The highest BCUT2D eigenvalue weighted by Gasteiger charge is 2.19. The molecule has 1 aromatic carbocycles. The SMILES string of the molecule is CCc1cnccc1C(NC)c1cc2cc(C)ccc2o1. The summed E-state index contributed by atoms with van der Waals surface area (Å²) in [5.74, 6) is 0.944. The topological polar surface area (TPSA) is 38.1 Å². The van der Waals surface area contributed by atoms with Gasteiger partial charge in [-0.05, 0) is 55.8 Å². The highest BCUT2D eigenvalue weighted by molar-refractivity contribution is 5.79. The van der Waals surface area contributed by atoms with Gasteiger partial charge in [-0.25, -0.2) is 0 Å². The number of aryl methyl sites for hydroxylation is 2. The molecular formula is C18H20N2O. The van der Waals surface area contributed by atoms with Crippen LogP contribution in [0.4, 0.5) is 0 Å². The standard InChI is InChI=1S/C18H20N2O/c1-4-13-11-20-8-7-15(13)18(19-3)17-10-14-9-12(2)5-6-16(14)21-17/h5-11,18-19H,4H2,1-3H3. The van der Waals surface area contributed by atoms with Crippen molar-refractivity contribution >= 4 is 11.0 Å². The van der Waals surface area contributed by atoms with Crippen molar-refractivity contribution in [2.45, 2.75) is 26.3 Å². The van der Waals surface area contributed by atoms with Crippen LogP contribution in [-0.2, 0) is 6.42 Å². The first-order valence-corrected chi connectivity index (χ1v) is 7.33. The minimum absolute atomic E-state index is 0.0515. The highest BCUT2D eigenvalue weighted by atomic mass is 16.3. The number of benzene rings is 1. The number of nitrogens with one attached hydrogen (secondary N) is 1. The molecule has 0 bridgehead atoms. The van der Waals surface area contributed by atoms with Gasteiger partial charge in [0.25, 0.3) is 0 Å². The second kappa shape index (κ2) is 5.70. The summed E-state index contributed by atoms with van der Waals surface area (Å²) >= 11 is 0. The Morgan fingerprint density at radius 2 is 2.10 bits per heavy atom. The maximum atomic E-state index is 6.05. The van der Waals surface area contributed by atoms with Gasteiger partial charge in [0.15, 0.2) is 0 Å². The van der Waals surface area contributed by atoms with E-state index < -0.39 is 0 Å². The fourth-order valence-corrected chi connectivity index (χ4v) is 2.79. The molecule has 2 heterocycles. The minimum atomic E-state index is 0.0515. The average molecular weight is 280 g/mol. The summed E-state index contributed by atoms with van der Waals surface area (Å²) in [4.78, 5) is 4.22. The third kappa shape index (κ3) is 2.57. The number of pyridine rings is 1. The lowest BCUT2D eigenvalue weighted by atomic mass is 9.99. The maximum absolute atomic E-state index is 6.05. The number of nitrogens with zero attached hydrogens (tertiary/aromatic N) is 1. The molecule has 1 atom stereocenters. The number of aromatic nitrogens is 1. The molecule has 2 aromatic heterocycles. The predicted molar refractivity (Wildman–Crippen MR) is 85.5 cm³/mol. The lowest BCUT2D eigenvalue weighted by Gasteiger charge is -2.17. The van der Waals surface area contributed by atoms with Gasteiger partial charge in [0.2, 0.25) is 0 Å². The third-order valence-corrected chi connectivity index (χ3v) is 3.90. The molecule has 3 nitrogen and oxygen atoms in total. The summed E-state index contributed by atoms with van der Waals surface area (Å²) < 4.78 is 6.05. The van der Waals surface area contributed by atoms with Gasteiger partial charge in [0, 0.05) is 17.8 Å². The van der Waals surface area contributed by atoms with Crippen LogP contribution < -0.4 is 5.32 Å². The number of rotatable bonds is 4. The number of furan rings is 1. The van der Waals surface area contributed by atoms with E-state index in [0.717, 1.165) is 23.2 Å². The van der Waals surface area contributed by atoms with Gasteiger partial charge in [-0.15, -0.1) is 0 Å². The van der Waals surface area contributed by atoms with Crippen LogP contribution >= 0.6 is 0 Å². The van der Waals surface area contributed by atoms with Crippen molar-refractivity contribution in [2.75, 3.05) is 7.05 Å². The van der Waals surface area contributed by atoms with Crippen LogP contribution in [0.3, 0.4) is 0 Å². The zero-order chi connectivity index (χ0) is 14.8. The van der Waals surface area contributed by atoms with Gasteiger partial charge in [0.1, 0.15) is 11.3 Å². The van der Waals surface area contributed by atoms with Crippen molar-refractivity contribution in [2.24, 2.45) is 0 Å². The molecule has 3 aromatic rings. The van der Waals surface area contributed by atoms with Crippen LogP contribution in [-0.4, -0.2) is 12.0 Å². The summed E-state index contributed by atoms with van der Waals surface area (Å²) in [5.41, 5.74) is 4.65. The van der Waals surface area contributed by atoms with Gasteiger partial charge in [0.05, 0.1) is 6.04 Å². The molecule has 0 saturated carbocycles. The van der Waals surface area contributed by atoms with Crippen LogP contribution in [0.25, 0.3) is 11.0 Å². The highest BCUT2D eigenvalue weighted by Crippen LogP contribution is 2.30. The molecular weight excluding hydrogens is 260 g/mol. The molecule has 0 fully saturated rings. The van der Waals surface area contributed by atoms with E-state index >= 15 is 0 Å². The van der Waals surface area contributed by atoms with E-state index in [1.807, 2.05) is 25.5 Å². The molecule has 21 heavy (non-hydrogen) atoms. The van der Waals surface area contributed by atoms with Gasteiger partial charge in [-0.2, -0.15) is 0 Å². The quantitative estimate of drug-likeness (QED) is 0.784. The second-order valence-corrected chi connectivity index (χ2v) is 5.34. The molecule has 1 N–H and O–H groups in total. The molecule has 0 aliphatic rings. The zero-order valence-electron chi connectivity index (χ0n) is 12.7. The predicted octanol–water partition coefficient (Wildman–Crippen LogP) is 4.01. The Morgan fingerprint density at radius 1 is 1.24 bits per heavy atom. The van der Waals surface area contributed by atoms with Crippen LogP contribution in [0.1, 0.15) is 35.4 Å². The molecule has 0 aliphatic carbocycles. The Balaban J connectivity index is 2.09. The monoisotopic (exact) mass is 280 g/mol. The van der Waals surface area contributed by atoms with E-state index in [2.05, 4.69) is 48.4 Å². The molecule has 108 valence electrons. The second-order valence-electron chi connectivity index (χ2n) is 5.34. The van der Waals surface area contributed by atoms with E-state index in [0.29, 0.717) is 0 Å². The van der Waals surface area contributed by atoms with E-state index in [4.69, 9.17) is 4.42 Å². The summed E-state index contributed by atoms with van der Waals surface area (Å²) in [5, 5.41) is 4.51. The van der Waals surface area contributed by atoms with Crippen molar-refractivity contribution in [3.63, 3.8) is 0 Å². The average Bonchev–Trinajstić information content (AvgIpc) is 2.91. The molecule has 0 saturated heterocycles. The Bertz CT molecular complexity index is 761. The largest absolute Gasteiger partial charge is 0.459 e. The summed E-state index contributed by atoms with van der Waals surface area (Å²) in [6, 6.07) is 10.5. The van der Waals surface area contributed by atoms with Crippen molar-refractivity contribution in [1.29, 1.82) is 0 Å². The van der Waals surface area contributed by atoms with Gasteiger partial charge >= 0.3 is 0 Å². The molecule has 3 heteroatoms. The summed E-state index contributed by atoms with van der Waals surface area (Å²) in [6.45, 7) is 4.24. The van der Waals surface area contributed by atoms with Crippen LogP contribution in [0.5, 0.6) is 0 Å².